The summed E-state index contributed by atoms with van der Waals surface area (Å²) in [5.74, 6) is -0.243. The lowest BCUT2D eigenvalue weighted by Gasteiger charge is -2.40. The molecule has 2 aliphatic rings. The van der Waals surface area contributed by atoms with E-state index < -0.39 is 28.9 Å². The molecule has 1 saturated heterocycles. The monoisotopic (exact) mass is 735 g/mol. The van der Waals surface area contributed by atoms with Crippen molar-refractivity contribution in [3.8, 4) is 5.88 Å². The molecule has 1 aromatic heterocycles. The van der Waals surface area contributed by atoms with E-state index in [1.807, 2.05) is 57.2 Å². The molecule has 0 bridgehead atoms. The summed E-state index contributed by atoms with van der Waals surface area (Å²) < 4.78 is 11.7. The number of nitrogens with one attached hydrogen (secondary N) is 1. The Labute approximate surface area is 308 Å². The van der Waals surface area contributed by atoms with Crippen LogP contribution < -0.4 is 15.0 Å². The number of likely N-dealkylation sites (N-methyl/N-ethyl adjacent to an activating group) is 1. The smallest absolute Gasteiger partial charge is 0.407 e. The van der Waals surface area contributed by atoms with Gasteiger partial charge in [0.15, 0.2) is 11.6 Å². The van der Waals surface area contributed by atoms with Crippen LogP contribution in [-0.2, 0) is 27.4 Å². The normalized spacial score (nSPS) is 17.1. The number of carbonyl (C=O) groups excluding carboxylic acids is 3. The zero-order valence-corrected chi connectivity index (χ0v) is 31.8. The number of halogens is 1. The molecule has 2 amide bonds. The molecule has 3 aromatic rings. The predicted octanol–water partition coefficient (Wildman–Crippen LogP) is 7.17. The average molecular weight is 736 g/mol. The number of rotatable bonds is 11. The lowest BCUT2D eigenvalue weighted by atomic mass is 9.80. The minimum atomic E-state index is -0.971. The Morgan fingerprint density at radius 2 is 1.75 bits per heavy atom. The highest BCUT2D eigenvalue weighted by atomic mass is 35.5. The molecule has 11 nitrogen and oxygen atoms in total. The first-order valence-electron chi connectivity index (χ1n) is 16.9. The van der Waals surface area contributed by atoms with E-state index in [4.69, 9.17) is 31.0 Å². The Bertz CT molecular complexity index is 1820. The van der Waals surface area contributed by atoms with Gasteiger partial charge in [0.25, 0.3) is 11.8 Å². The molecule has 0 unspecified atom stereocenters. The fourth-order valence-electron chi connectivity index (χ4n) is 5.86. The van der Waals surface area contributed by atoms with Crippen molar-refractivity contribution in [1.82, 2.24) is 20.2 Å². The number of Topliss-reactive ketones (excluding diaryl/α,β-unsaturated/α-hetero) is 1. The van der Waals surface area contributed by atoms with Crippen LogP contribution in [-0.4, -0.2) is 75.6 Å². The quantitative estimate of drug-likeness (QED) is 0.195. The summed E-state index contributed by atoms with van der Waals surface area (Å²) in [6, 6.07) is 15.2. The van der Waals surface area contributed by atoms with Gasteiger partial charge in [-0.1, -0.05) is 72.8 Å². The number of amides is 2. The van der Waals surface area contributed by atoms with Gasteiger partial charge in [-0.2, -0.15) is 0 Å². The topological polar surface area (TPSA) is 134 Å². The van der Waals surface area contributed by atoms with Gasteiger partial charge in [0.1, 0.15) is 28.6 Å². The molecule has 13 heteroatoms. The van der Waals surface area contributed by atoms with Gasteiger partial charge in [-0.15, -0.1) is 0 Å². The first-order valence-corrected chi connectivity index (χ1v) is 18.1. The van der Waals surface area contributed by atoms with Crippen LogP contribution in [0.5, 0.6) is 5.88 Å². The number of nitrogens with zero attached hydrogens (tertiary/aromatic N) is 4. The third-order valence-corrected chi connectivity index (χ3v) is 10.8. The van der Waals surface area contributed by atoms with E-state index in [0.717, 1.165) is 18.4 Å². The zero-order valence-electron chi connectivity index (χ0n) is 30.2. The summed E-state index contributed by atoms with van der Waals surface area (Å²) in [6.45, 7) is 13.2. The summed E-state index contributed by atoms with van der Waals surface area (Å²) in [6.07, 6.45) is 2.73. The highest BCUT2D eigenvalue weighted by Gasteiger charge is 2.46. The lowest BCUT2D eigenvalue weighted by molar-refractivity contribution is -0.129. The molecule has 1 fully saturated rings. The number of alkyl carbamates (subject to hydrolysis) is 1. The van der Waals surface area contributed by atoms with Gasteiger partial charge in [0.2, 0.25) is 0 Å². The number of aliphatic hydroxyl groups excluding tert-OH is 1. The summed E-state index contributed by atoms with van der Waals surface area (Å²) in [5, 5.41) is 14.5. The van der Waals surface area contributed by atoms with Gasteiger partial charge in [-0.3, -0.25) is 9.59 Å². The Kier molecular flexibility index (Phi) is 11.3. The molecule has 2 N–H and O–H groups in total. The van der Waals surface area contributed by atoms with E-state index in [-0.39, 0.29) is 23.2 Å². The van der Waals surface area contributed by atoms with Crippen molar-refractivity contribution in [2.45, 2.75) is 88.5 Å². The molecule has 51 heavy (non-hydrogen) atoms. The van der Waals surface area contributed by atoms with Crippen LogP contribution in [0.2, 0.25) is 5.02 Å². The first kappa shape index (κ1) is 38.0. The van der Waals surface area contributed by atoms with Crippen LogP contribution >= 0.6 is 23.4 Å². The molecule has 2 aliphatic heterocycles. The molecule has 2 aromatic carbocycles. The number of aromatic nitrogens is 2. The van der Waals surface area contributed by atoms with Crippen molar-refractivity contribution >= 4 is 47.0 Å². The number of anilines is 1. The van der Waals surface area contributed by atoms with Gasteiger partial charge in [0, 0.05) is 38.0 Å². The Morgan fingerprint density at radius 3 is 2.37 bits per heavy atom. The van der Waals surface area contributed by atoms with Crippen molar-refractivity contribution < 1.29 is 29.0 Å². The van der Waals surface area contributed by atoms with Crippen LogP contribution in [0.4, 0.5) is 10.6 Å². The van der Waals surface area contributed by atoms with E-state index in [0.29, 0.717) is 58.4 Å². The van der Waals surface area contributed by atoms with Crippen LogP contribution in [0, 0.1) is 5.41 Å². The van der Waals surface area contributed by atoms with Gasteiger partial charge >= 0.3 is 6.09 Å². The van der Waals surface area contributed by atoms with Crippen LogP contribution in [0.1, 0.15) is 65.5 Å². The number of benzene rings is 2. The second kappa shape index (κ2) is 15.1. The summed E-state index contributed by atoms with van der Waals surface area (Å²) in [5.41, 5.74) is -0.348. The molecular formula is C38H46ClN5O6S. The molecule has 0 saturated carbocycles. The van der Waals surface area contributed by atoms with E-state index in [1.165, 1.54) is 16.7 Å². The number of hydrogen-bond donors (Lipinski definition) is 2. The lowest BCUT2D eigenvalue weighted by Crippen LogP contribution is -2.46. The van der Waals surface area contributed by atoms with Gasteiger partial charge < -0.3 is 29.7 Å². The van der Waals surface area contributed by atoms with Gasteiger partial charge in [-0.25, -0.2) is 14.8 Å². The second-order valence-corrected chi connectivity index (χ2v) is 16.3. The SMILES string of the molecule is CN1C(=O)C(C(=O)Cc2cccc(Sc3cnc(N4CCC(C)(CNC(=O)OC(C)(C)C)CC4)c(OCc4ccccc4)n3)c2Cl)=C(O)C1(C)C. The molecule has 3 heterocycles. The van der Waals surface area contributed by atoms with Gasteiger partial charge in [0.05, 0.1) is 16.8 Å². The maximum Gasteiger partial charge on any atom is 0.407 e. The summed E-state index contributed by atoms with van der Waals surface area (Å²) in [7, 11) is 1.56. The maximum atomic E-state index is 13.3. The number of ether oxygens (including phenoxy) is 2. The fourth-order valence-corrected chi connectivity index (χ4v) is 6.99. The highest BCUT2D eigenvalue weighted by molar-refractivity contribution is 7.99. The fraction of sp³-hybridized carbons (Fsp3) is 0.447. The van der Waals surface area contributed by atoms with Gasteiger partial charge in [-0.05, 0) is 70.1 Å². The minimum Gasteiger partial charge on any atom is -0.509 e. The highest BCUT2D eigenvalue weighted by Crippen LogP contribution is 2.39. The first-order chi connectivity index (χ1) is 24.0. The van der Waals surface area contributed by atoms with Crippen LogP contribution in [0.25, 0.3) is 0 Å². The van der Waals surface area contributed by atoms with E-state index in [9.17, 15) is 19.5 Å². The van der Waals surface area contributed by atoms with E-state index >= 15 is 0 Å². The largest absolute Gasteiger partial charge is 0.509 e. The number of aliphatic hydroxyl groups is 1. The van der Waals surface area contributed by atoms with E-state index in [1.54, 1.807) is 39.2 Å². The Hall–Kier alpha value is -4.29. The number of carbonyl (C=O) groups is 3. The standard InChI is InChI=1S/C38H46ClN5O6S/c1-36(2,3)50-35(48)41-23-38(6)16-18-44(19-17-38)32-33(49-22-24-12-9-8-10-13-24)42-28(21-40-32)51-27-15-11-14-25(30(27)39)20-26(45)29-31(46)37(4,5)43(7)34(29)47/h8-15,21,46H,16-20,22-23H2,1-7H3,(H,41,48). The van der Waals surface area contributed by atoms with Crippen molar-refractivity contribution in [2.24, 2.45) is 5.41 Å². The molecular weight excluding hydrogens is 690 g/mol. The minimum absolute atomic E-state index is 0.114. The van der Waals surface area contributed by atoms with Crippen molar-refractivity contribution in [2.75, 3.05) is 31.6 Å². The predicted molar refractivity (Wildman–Crippen MR) is 197 cm³/mol. The van der Waals surface area contributed by atoms with E-state index in [2.05, 4.69) is 17.1 Å². The summed E-state index contributed by atoms with van der Waals surface area (Å²) >= 11 is 8.12. The number of ketones is 1. The third kappa shape index (κ3) is 8.96. The van der Waals surface area contributed by atoms with Crippen LogP contribution in [0.3, 0.4) is 0 Å². The van der Waals surface area contributed by atoms with Crippen molar-refractivity contribution in [3.05, 3.63) is 82.2 Å². The zero-order chi connectivity index (χ0) is 37.1. The molecule has 0 radical (unpaired) electrons. The average Bonchev–Trinajstić information content (AvgIpc) is 3.23. The van der Waals surface area contributed by atoms with Crippen molar-refractivity contribution in [3.63, 3.8) is 0 Å². The Morgan fingerprint density at radius 1 is 1.06 bits per heavy atom. The molecule has 0 aliphatic carbocycles. The second-order valence-electron chi connectivity index (χ2n) is 14.8. The maximum absolute atomic E-state index is 13.3. The molecule has 272 valence electrons. The number of piperidine rings is 1. The third-order valence-electron chi connectivity index (χ3n) is 9.31. The Balaban J connectivity index is 1.32. The molecule has 0 spiro atoms. The number of hydrogen-bond acceptors (Lipinski definition) is 10. The molecule has 0 atom stereocenters. The summed E-state index contributed by atoms with van der Waals surface area (Å²) in [4.78, 5) is 52.2. The van der Waals surface area contributed by atoms with Crippen molar-refractivity contribution in [1.29, 1.82) is 0 Å². The molecule has 5 rings (SSSR count). The van der Waals surface area contributed by atoms with Crippen LogP contribution in [0.15, 0.2) is 76.0 Å².